The Hall–Kier alpha value is 0.354. The van der Waals surface area contributed by atoms with Crippen LogP contribution in [0.3, 0.4) is 0 Å². The molecule has 0 N–H and O–H groups in total. The van der Waals surface area contributed by atoms with Gasteiger partial charge in [0.2, 0.25) is 0 Å². The van der Waals surface area contributed by atoms with Crippen LogP contribution in [-0.2, 0) is 8.85 Å². The lowest BCUT2D eigenvalue weighted by Gasteiger charge is -2.23. The van der Waals surface area contributed by atoms with E-state index < -0.39 is 8.56 Å². The maximum Gasteiger partial charge on any atom is 0.334 e. The van der Waals surface area contributed by atoms with Gasteiger partial charge in [-0.05, 0) is 26.1 Å². The highest BCUT2D eigenvalue weighted by molar-refractivity contribution is 6.77. The van der Waals surface area contributed by atoms with Gasteiger partial charge < -0.3 is 8.85 Å². The molecule has 0 heterocycles. The fraction of sp³-hybridized carbons (Fsp3) is 0.833. The van der Waals surface area contributed by atoms with Crippen molar-refractivity contribution in [2.75, 3.05) is 13.2 Å². The second-order valence-corrected chi connectivity index (χ2v) is 7.09. The molecule has 0 aromatic carbocycles. The molecular formula is C6H17O2Si2. The maximum absolute atomic E-state index is 5.51. The van der Waals surface area contributed by atoms with Crippen molar-refractivity contribution in [2.45, 2.75) is 20.4 Å². The van der Waals surface area contributed by atoms with E-state index in [0.717, 1.165) is 23.5 Å². The van der Waals surface area contributed by atoms with E-state index in [0.29, 0.717) is 0 Å². The van der Waals surface area contributed by atoms with Crippen molar-refractivity contribution in [1.82, 2.24) is 0 Å². The minimum atomic E-state index is -1.79. The second kappa shape index (κ2) is 5.06. The first-order valence-electron chi connectivity index (χ1n) is 3.77. The van der Waals surface area contributed by atoms with E-state index in [-0.39, 0.29) is 0 Å². The van der Waals surface area contributed by atoms with Crippen LogP contribution in [0, 0.1) is 5.67 Å². The van der Waals surface area contributed by atoms with Gasteiger partial charge in [-0.3, -0.25) is 0 Å². The molecule has 2 nitrogen and oxygen atoms in total. The smallest absolute Gasteiger partial charge is 0.334 e. The Morgan fingerprint density at radius 3 is 1.90 bits per heavy atom. The van der Waals surface area contributed by atoms with Crippen LogP contribution in [-0.4, -0.2) is 32.0 Å². The van der Waals surface area contributed by atoms with Crippen molar-refractivity contribution in [3.8, 4) is 0 Å². The SMILES string of the molecule is CCO[Si](C)([CH][SiH3])OCC. The molecular weight excluding hydrogens is 160 g/mol. The van der Waals surface area contributed by atoms with E-state index in [1.54, 1.807) is 0 Å². The number of hydrogen-bond acceptors (Lipinski definition) is 2. The molecule has 1 radical (unpaired) electrons. The van der Waals surface area contributed by atoms with Gasteiger partial charge in [0, 0.05) is 23.5 Å². The molecule has 4 heteroatoms. The Kier molecular flexibility index (Phi) is 5.24. The Balaban J connectivity index is 3.69. The molecule has 0 saturated carbocycles. The fourth-order valence-corrected chi connectivity index (χ4v) is 3.34. The van der Waals surface area contributed by atoms with E-state index >= 15 is 0 Å². The fourth-order valence-electron chi connectivity index (χ4n) is 0.782. The van der Waals surface area contributed by atoms with Crippen LogP contribution < -0.4 is 0 Å². The molecule has 0 aromatic rings. The molecule has 0 aliphatic rings. The lowest BCUT2D eigenvalue weighted by atomic mass is 10.9. The van der Waals surface area contributed by atoms with Crippen molar-refractivity contribution in [3.05, 3.63) is 5.67 Å². The lowest BCUT2D eigenvalue weighted by molar-refractivity contribution is 0.199. The van der Waals surface area contributed by atoms with Crippen molar-refractivity contribution in [3.63, 3.8) is 0 Å². The van der Waals surface area contributed by atoms with E-state index in [1.807, 2.05) is 13.8 Å². The van der Waals surface area contributed by atoms with Crippen molar-refractivity contribution in [1.29, 1.82) is 0 Å². The van der Waals surface area contributed by atoms with Gasteiger partial charge in [-0.15, -0.1) is 0 Å². The zero-order valence-electron chi connectivity index (χ0n) is 7.31. The van der Waals surface area contributed by atoms with Crippen LogP contribution in [0.2, 0.25) is 6.55 Å². The van der Waals surface area contributed by atoms with E-state index in [1.165, 1.54) is 0 Å². The first-order valence-corrected chi connectivity index (χ1v) is 7.31. The Labute approximate surface area is 67.6 Å². The molecule has 0 aliphatic carbocycles. The third kappa shape index (κ3) is 3.50. The molecule has 61 valence electrons. The average Bonchev–Trinajstić information content (AvgIpc) is 1.89. The molecule has 0 aromatic heterocycles. The van der Waals surface area contributed by atoms with Crippen LogP contribution in [0.15, 0.2) is 0 Å². The van der Waals surface area contributed by atoms with Crippen LogP contribution >= 0.6 is 0 Å². The third-order valence-corrected chi connectivity index (χ3v) is 7.31. The maximum atomic E-state index is 5.51. The molecule has 0 fully saturated rings. The van der Waals surface area contributed by atoms with Crippen molar-refractivity contribution >= 4 is 18.8 Å². The Morgan fingerprint density at radius 2 is 1.70 bits per heavy atom. The topological polar surface area (TPSA) is 18.5 Å². The highest BCUT2D eigenvalue weighted by Gasteiger charge is 2.27. The summed E-state index contributed by atoms with van der Waals surface area (Å²) in [6.45, 7) is 7.64. The molecule has 0 spiro atoms. The van der Waals surface area contributed by atoms with E-state index in [2.05, 4.69) is 12.2 Å². The zero-order chi connectivity index (χ0) is 8.04. The highest BCUT2D eigenvalue weighted by Crippen LogP contribution is 2.07. The minimum absolute atomic E-state index is 0.765. The minimum Gasteiger partial charge on any atom is -0.395 e. The van der Waals surface area contributed by atoms with Crippen molar-refractivity contribution in [2.24, 2.45) is 0 Å². The lowest BCUT2D eigenvalue weighted by Crippen LogP contribution is -2.40. The monoisotopic (exact) mass is 177 g/mol. The summed E-state index contributed by atoms with van der Waals surface area (Å²) < 4.78 is 11.0. The molecule has 0 aliphatic heterocycles. The van der Waals surface area contributed by atoms with E-state index in [4.69, 9.17) is 8.85 Å². The van der Waals surface area contributed by atoms with Crippen molar-refractivity contribution < 1.29 is 8.85 Å². The predicted molar refractivity (Wildman–Crippen MR) is 49.1 cm³/mol. The second-order valence-electron chi connectivity index (χ2n) is 2.17. The Bertz CT molecular complexity index is 81.8. The Morgan fingerprint density at radius 1 is 1.30 bits per heavy atom. The standard InChI is InChI=1S/C6H17O2Si2/c1-4-7-10(3,6-9)8-5-2/h6H,4-5H2,1-3,9H3. The molecule has 0 atom stereocenters. The summed E-state index contributed by atoms with van der Waals surface area (Å²) in [4.78, 5) is 0. The van der Waals surface area contributed by atoms with Gasteiger partial charge in [-0.25, -0.2) is 0 Å². The highest BCUT2D eigenvalue weighted by atomic mass is 28.4. The van der Waals surface area contributed by atoms with Gasteiger partial charge in [-0.1, -0.05) is 0 Å². The average molecular weight is 177 g/mol. The molecule has 0 bridgehead atoms. The van der Waals surface area contributed by atoms with Gasteiger partial charge in [-0.2, -0.15) is 0 Å². The van der Waals surface area contributed by atoms with Crippen LogP contribution in [0.25, 0.3) is 0 Å². The number of hydrogen-bond donors (Lipinski definition) is 0. The van der Waals surface area contributed by atoms with Gasteiger partial charge >= 0.3 is 8.56 Å². The molecule has 0 saturated heterocycles. The van der Waals surface area contributed by atoms with Gasteiger partial charge in [0.25, 0.3) is 0 Å². The summed E-state index contributed by atoms with van der Waals surface area (Å²) in [5.41, 5.74) is 2.19. The largest absolute Gasteiger partial charge is 0.395 e. The molecule has 0 rings (SSSR count). The summed E-state index contributed by atoms with van der Waals surface area (Å²) in [5, 5.41) is 0. The molecule has 10 heavy (non-hydrogen) atoms. The predicted octanol–water partition coefficient (Wildman–Crippen LogP) is 0.198. The third-order valence-electron chi connectivity index (χ3n) is 1.39. The van der Waals surface area contributed by atoms with Gasteiger partial charge in [0.1, 0.15) is 0 Å². The molecule has 0 amide bonds. The summed E-state index contributed by atoms with van der Waals surface area (Å²) in [6.07, 6.45) is 0. The summed E-state index contributed by atoms with van der Waals surface area (Å²) in [5.74, 6) is 0. The number of rotatable bonds is 5. The van der Waals surface area contributed by atoms with Crippen LogP contribution in [0.4, 0.5) is 0 Å². The first-order chi connectivity index (χ1) is 4.68. The summed E-state index contributed by atoms with van der Waals surface area (Å²) in [6, 6.07) is 0. The van der Waals surface area contributed by atoms with Gasteiger partial charge in [0.15, 0.2) is 0 Å². The summed E-state index contributed by atoms with van der Waals surface area (Å²) >= 11 is 0. The summed E-state index contributed by atoms with van der Waals surface area (Å²) in [7, 11) is -0.725. The van der Waals surface area contributed by atoms with Crippen LogP contribution in [0.5, 0.6) is 0 Å². The van der Waals surface area contributed by atoms with Crippen LogP contribution in [0.1, 0.15) is 13.8 Å². The quantitative estimate of drug-likeness (QED) is 0.559. The van der Waals surface area contributed by atoms with Gasteiger partial charge in [0.05, 0.1) is 0 Å². The molecule has 0 unspecified atom stereocenters. The zero-order valence-corrected chi connectivity index (χ0v) is 10.3. The van der Waals surface area contributed by atoms with E-state index in [9.17, 15) is 0 Å². The normalized spacial score (nSPS) is 12.3. The first kappa shape index (κ1) is 10.4.